The van der Waals surface area contributed by atoms with Crippen LogP contribution in [-0.2, 0) is 20.8 Å². The normalized spacial score (nSPS) is 20.3. The van der Waals surface area contributed by atoms with Gasteiger partial charge in [-0.3, -0.25) is 4.79 Å². The third-order valence-electron chi connectivity index (χ3n) is 4.47. The van der Waals surface area contributed by atoms with Crippen molar-refractivity contribution in [1.29, 1.82) is 0 Å². The van der Waals surface area contributed by atoms with Crippen molar-refractivity contribution in [3.05, 3.63) is 47.3 Å². The van der Waals surface area contributed by atoms with Gasteiger partial charge in [0.25, 0.3) is 5.91 Å². The zero-order valence-electron chi connectivity index (χ0n) is 15.9. The number of ether oxygens (including phenoxy) is 1. The number of hydrogen-bond donors (Lipinski definition) is 1. The molecule has 0 radical (unpaired) electrons. The quantitative estimate of drug-likeness (QED) is 0.464. The highest BCUT2D eigenvalue weighted by Gasteiger charge is 2.28. The first-order valence-corrected chi connectivity index (χ1v) is 8.76. The Morgan fingerprint density at radius 1 is 1.33 bits per heavy atom. The largest absolute Gasteiger partial charge is 0.462 e. The van der Waals surface area contributed by atoms with Crippen molar-refractivity contribution >= 4 is 17.6 Å². The Morgan fingerprint density at radius 3 is 2.78 bits per heavy atom. The third-order valence-corrected chi connectivity index (χ3v) is 4.47. The van der Waals surface area contributed by atoms with Crippen LogP contribution in [0.3, 0.4) is 0 Å². The molecular weight excluding hydrogens is 351 g/mol. The van der Waals surface area contributed by atoms with E-state index < -0.39 is 17.2 Å². The lowest BCUT2D eigenvalue weighted by Crippen LogP contribution is -2.39. The average Bonchev–Trinajstić information content (AvgIpc) is 2.61. The second kappa shape index (κ2) is 8.79. The van der Waals surface area contributed by atoms with E-state index in [0.717, 1.165) is 5.71 Å². The number of oxime groups is 1. The number of nitrogens with zero attached hydrogens (tertiary/aromatic N) is 1. The van der Waals surface area contributed by atoms with E-state index >= 15 is 0 Å². The third kappa shape index (κ3) is 5.39. The highest BCUT2D eigenvalue weighted by molar-refractivity contribution is 5.97. The molecule has 6 nitrogen and oxygen atoms in total. The van der Waals surface area contributed by atoms with Gasteiger partial charge in [-0.15, -0.1) is 0 Å². The molecule has 7 heteroatoms. The number of carbonyl (C=O) groups excluding carboxylic acids is 2. The Morgan fingerprint density at radius 2 is 2.07 bits per heavy atom. The molecule has 1 aliphatic heterocycles. The van der Waals surface area contributed by atoms with Gasteiger partial charge in [0.2, 0.25) is 0 Å². The van der Waals surface area contributed by atoms with Gasteiger partial charge >= 0.3 is 5.97 Å². The summed E-state index contributed by atoms with van der Waals surface area (Å²) in [6.07, 6.45) is 1.15. The first kappa shape index (κ1) is 20.6. The summed E-state index contributed by atoms with van der Waals surface area (Å²) in [5.74, 6) is -1.40. The SMILES string of the molecule is C=C1Cc2cc(F)ccc2C(=O)NCC(C)(C)/C(=N/OC)CCCOC1=O. The van der Waals surface area contributed by atoms with Gasteiger partial charge in [0.1, 0.15) is 12.9 Å². The van der Waals surface area contributed by atoms with Crippen molar-refractivity contribution < 1.29 is 23.6 Å². The highest BCUT2D eigenvalue weighted by Crippen LogP contribution is 2.22. The number of rotatable bonds is 1. The summed E-state index contributed by atoms with van der Waals surface area (Å²) in [5.41, 5.74) is 1.12. The number of hydrogen-bond acceptors (Lipinski definition) is 5. The smallest absolute Gasteiger partial charge is 0.333 e. The number of halogens is 1. The summed E-state index contributed by atoms with van der Waals surface area (Å²) in [6.45, 7) is 8.13. The van der Waals surface area contributed by atoms with Crippen LogP contribution in [-0.4, -0.2) is 37.8 Å². The number of benzene rings is 1. The van der Waals surface area contributed by atoms with E-state index in [0.29, 0.717) is 30.5 Å². The lowest BCUT2D eigenvalue weighted by Gasteiger charge is -2.27. The zero-order valence-corrected chi connectivity index (χ0v) is 15.9. The molecule has 146 valence electrons. The molecule has 0 aromatic heterocycles. The highest BCUT2D eigenvalue weighted by atomic mass is 19.1. The van der Waals surface area contributed by atoms with E-state index in [-0.39, 0.29) is 24.5 Å². The van der Waals surface area contributed by atoms with Gasteiger partial charge in [0.15, 0.2) is 0 Å². The maximum Gasteiger partial charge on any atom is 0.333 e. The van der Waals surface area contributed by atoms with Crippen LogP contribution in [0, 0.1) is 11.2 Å². The van der Waals surface area contributed by atoms with Crippen LogP contribution in [0.25, 0.3) is 0 Å². The standard InChI is InChI=1S/C20H25FN2O4/c1-13-10-14-11-15(21)7-8-16(14)18(24)22-12-20(2,3)17(23-26-4)6-5-9-27-19(13)25/h7-8,11H,1,5-6,9-10,12H2,2-4H3,(H,22,24)/b23-17+. The molecule has 0 saturated carbocycles. The minimum atomic E-state index is -0.563. The Hall–Kier alpha value is -2.70. The van der Waals surface area contributed by atoms with Crippen molar-refractivity contribution in [2.24, 2.45) is 10.6 Å². The molecule has 1 heterocycles. The molecule has 0 bridgehead atoms. The average molecular weight is 376 g/mol. The summed E-state index contributed by atoms with van der Waals surface area (Å²) in [6, 6.07) is 3.86. The first-order valence-electron chi connectivity index (χ1n) is 8.76. The van der Waals surface area contributed by atoms with E-state index in [4.69, 9.17) is 9.57 Å². The summed E-state index contributed by atoms with van der Waals surface area (Å²) in [5, 5.41) is 6.95. The summed E-state index contributed by atoms with van der Waals surface area (Å²) in [7, 11) is 1.46. The van der Waals surface area contributed by atoms with Gasteiger partial charge in [-0.25, -0.2) is 9.18 Å². The van der Waals surface area contributed by atoms with Gasteiger partial charge < -0.3 is 14.9 Å². The van der Waals surface area contributed by atoms with Gasteiger partial charge in [0, 0.05) is 29.5 Å². The number of fused-ring (bicyclic) bond motifs is 1. The van der Waals surface area contributed by atoms with E-state index in [2.05, 4.69) is 17.1 Å². The molecule has 0 unspecified atom stereocenters. The van der Waals surface area contributed by atoms with Crippen LogP contribution in [0.5, 0.6) is 0 Å². The molecule has 0 spiro atoms. The van der Waals surface area contributed by atoms with Crippen molar-refractivity contribution in [3.63, 3.8) is 0 Å². The Labute approximate surface area is 158 Å². The summed E-state index contributed by atoms with van der Waals surface area (Å²) >= 11 is 0. The van der Waals surface area contributed by atoms with E-state index in [1.54, 1.807) is 0 Å². The number of nitrogens with one attached hydrogen (secondary N) is 1. The van der Waals surface area contributed by atoms with Crippen molar-refractivity contribution in [1.82, 2.24) is 5.32 Å². The summed E-state index contributed by atoms with van der Waals surface area (Å²) < 4.78 is 18.9. The maximum atomic E-state index is 13.7. The fourth-order valence-electron chi connectivity index (χ4n) is 2.85. The molecular formula is C20H25FN2O4. The molecule has 1 aromatic rings. The topological polar surface area (TPSA) is 77.0 Å². The lowest BCUT2D eigenvalue weighted by atomic mass is 9.84. The van der Waals surface area contributed by atoms with Crippen LogP contribution < -0.4 is 5.32 Å². The predicted molar refractivity (Wildman–Crippen MR) is 100.0 cm³/mol. The van der Waals surface area contributed by atoms with Crippen LogP contribution in [0.1, 0.15) is 42.6 Å². The Bertz CT molecular complexity index is 771. The summed E-state index contributed by atoms with van der Waals surface area (Å²) in [4.78, 5) is 29.7. The second-order valence-corrected chi connectivity index (χ2v) is 7.11. The van der Waals surface area contributed by atoms with Crippen LogP contribution in [0.4, 0.5) is 4.39 Å². The second-order valence-electron chi connectivity index (χ2n) is 7.11. The van der Waals surface area contributed by atoms with Gasteiger partial charge in [-0.2, -0.15) is 0 Å². The van der Waals surface area contributed by atoms with E-state index in [1.807, 2.05) is 13.8 Å². The molecule has 1 N–H and O–H groups in total. The molecule has 0 aliphatic carbocycles. The van der Waals surface area contributed by atoms with Gasteiger partial charge in [-0.1, -0.05) is 25.6 Å². The fourth-order valence-corrected chi connectivity index (χ4v) is 2.85. The van der Waals surface area contributed by atoms with Gasteiger partial charge in [0.05, 0.1) is 12.3 Å². The number of esters is 1. The molecule has 1 aliphatic rings. The van der Waals surface area contributed by atoms with Crippen molar-refractivity contribution in [2.75, 3.05) is 20.3 Å². The minimum absolute atomic E-state index is 0.0408. The van der Waals surface area contributed by atoms with Crippen LogP contribution in [0.15, 0.2) is 35.5 Å². The monoisotopic (exact) mass is 376 g/mol. The molecule has 27 heavy (non-hydrogen) atoms. The Kier molecular flexibility index (Phi) is 6.71. The van der Waals surface area contributed by atoms with E-state index in [1.165, 1.54) is 25.3 Å². The van der Waals surface area contributed by atoms with Crippen molar-refractivity contribution in [2.45, 2.75) is 33.1 Å². The number of amides is 1. The molecule has 1 aromatic carbocycles. The number of carbonyl (C=O) groups is 2. The molecule has 2 rings (SSSR count). The van der Waals surface area contributed by atoms with E-state index in [9.17, 15) is 14.0 Å². The fraction of sp³-hybridized carbons (Fsp3) is 0.450. The van der Waals surface area contributed by atoms with Crippen LogP contribution >= 0.6 is 0 Å². The zero-order chi connectivity index (χ0) is 20.0. The molecule has 0 atom stereocenters. The van der Waals surface area contributed by atoms with Gasteiger partial charge in [-0.05, 0) is 36.6 Å². The van der Waals surface area contributed by atoms with Crippen LogP contribution in [0.2, 0.25) is 0 Å². The molecule has 0 saturated heterocycles. The first-order chi connectivity index (χ1) is 12.7. The molecule has 0 fully saturated rings. The predicted octanol–water partition coefficient (Wildman–Crippen LogP) is 3.02. The Balaban J connectivity index is 2.37. The minimum Gasteiger partial charge on any atom is -0.462 e. The lowest BCUT2D eigenvalue weighted by molar-refractivity contribution is -0.139. The number of cyclic esters (lactones) is 1. The maximum absolute atomic E-state index is 13.7. The van der Waals surface area contributed by atoms with Crippen molar-refractivity contribution in [3.8, 4) is 0 Å². The molecule has 1 amide bonds.